The number of thiazole rings is 1. The Bertz CT molecular complexity index is 678. The van der Waals surface area contributed by atoms with Crippen LogP contribution in [-0.4, -0.2) is 39.2 Å². The fraction of sp³-hybridized carbons (Fsp3) is 0.500. The van der Waals surface area contributed by atoms with Crippen LogP contribution in [0.1, 0.15) is 43.8 Å². The van der Waals surface area contributed by atoms with Crippen LogP contribution in [0.15, 0.2) is 23.6 Å². The normalized spacial score (nSPS) is 16.5. The third-order valence-electron chi connectivity index (χ3n) is 3.91. The highest BCUT2D eigenvalue weighted by Crippen LogP contribution is 2.25. The van der Waals surface area contributed by atoms with Crippen LogP contribution < -0.4 is 5.32 Å². The van der Waals surface area contributed by atoms with Crippen LogP contribution in [0, 0.1) is 5.92 Å². The third-order valence-corrected chi connectivity index (χ3v) is 4.85. The van der Waals surface area contributed by atoms with E-state index in [-0.39, 0.29) is 12.3 Å². The minimum absolute atomic E-state index is 0.152. The average molecular weight is 364 g/mol. The smallest absolute Gasteiger partial charge is 0.321 e. The molecule has 0 bridgehead atoms. The van der Waals surface area contributed by atoms with Gasteiger partial charge in [0.2, 0.25) is 0 Å². The van der Waals surface area contributed by atoms with Gasteiger partial charge < -0.3 is 10.2 Å². The third kappa shape index (κ3) is 5.79. The molecule has 2 rings (SSSR count). The molecule has 0 saturated carbocycles. The highest BCUT2D eigenvalue weighted by atomic mass is 32.1. The number of nitrogens with one attached hydrogen (secondary N) is 1. The molecule has 6 nitrogen and oxygen atoms in total. The first-order valence-corrected chi connectivity index (χ1v) is 9.28. The van der Waals surface area contributed by atoms with Crippen molar-refractivity contribution in [3.63, 3.8) is 0 Å². The van der Waals surface area contributed by atoms with Crippen LogP contribution in [0.4, 0.5) is 0 Å². The zero-order chi connectivity index (χ0) is 18.4. The number of carbonyl (C=O) groups is 2. The van der Waals surface area contributed by atoms with E-state index in [4.69, 9.17) is 0 Å². The molecule has 0 aromatic carbocycles. The van der Waals surface area contributed by atoms with Gasteiger partial charge in [-0.25, -0.2) is 4.98 Å². The van der Waals surface area contributed by atoms with Crippen molar-refractivity contribution in [2.45, 2.75) is 51.6 Å². The number of rotatable bonds is 9. The molecule has 0 spiro atoms. The number of aliphatic carboxylic acids is 2. The number of nitrogens with zero attached hydrogens (tertiary/aromatic N) is 1. The molecule has 1 unspecified atom stereocenters. The zero-order valence-corrected chi connectivity index (χ0v) is 15.3. The van der Waals surface area contributed by atoms with Crippen molar-refractivity contribution < 1.29 is 19.8 Å². The van der Waals surface area contributed by atoms with E-state index < -0.39 is 24.0 Å². The molecule has 1 heterocycles. The van der Waals surface area contributed by atoms with Crippen molar-refractivity contribution in [1.82, 2.24) is 10.3 Å². The molecule has 2 atom stereocenters. The van der Waals surface area contributed by atoms with Crippen LogP contribution in [-0.2, 0) is 16.0 Å². The van der Waals surface area contributed by atoms with Crippen molar-refractivity contribution in [3.8, 4) is 0 Å². The van der Waals surface area contributed by atoms with Crippen molar-refractivity contribution >= 4 is 28.8 Å². The Labute approximate surface area is 151 Å². The van der Waals surface area contributed by atoms with Crippen LogP contribution in [0.5, 0.6) is 0 Å². The number of aromatic nitrogens is 1. The number of carboxylic acid groups (broad SMARTS) is 2. The topological polar surface area (TPSA) is 99.5 Å². The summed E-state index contributed by atoms with van der Waals surface area (Å²) < 4.78 is 0. The number of hydrogen-bond acceptors (Lipinski definition) is 5. The number of hydrogen-bond donors (Lipinski definition) is 3. The molecule has 3 N–H and O–H groups in total. The Morgan fingerprint density at radius 1 is 1.24 bits per heavy atom. The minimum Gasteiger partial charge on any atom is -0.480 e. The second kappa shape index (κ2) is 8.92. The quantitative estimate of drug-likeness (QED) is 0.623. The zero-order valence-electron chi connectivity index (χ0n) is 14.4. The maximum atomic E-state index is 11.6. The molecule has 0 amide bonds. The summed E-state index contributed by atoms with van der Waals surface area (Å²) in [6.45, 7) is 3.82. The molecule has 7 heteroatoms. The van der Waals surface area contributed by atoms with Crippen molar-refractivity contribution in [2.24, 2.45) is 5.92 Å². The lowest BCUT2D eigenvalue weighted by Crippen LogP contribution is -2.48. The van der Waals surface area contributed by atoms with Crippen LogP contribution in [0.25, 0.3) is 5.57 Å². The molecule has 1 aromatic rings. The SMILES string of the molecule is CC(C)CC(N[C@@H](Cc1csc(C2=CCCC=C2)n1)C(=O)O)C(=O)O. The van der Waals surface area contributed by atoms with E-state index in [1.54, 1.807) is 0 Å². The lowest BCUT2D eigenvalue weighted by molar-refractivity contribution is -0.142. The van der Waals surface area contributed by atoms with Crippen LogP contribution >= 0.6 is 11.3 Å². The summed E-state index contributed by atoms with van der Waals surface area (Å²) in [7, 11) is 0. The van der Waals surface area contributed by atoms with E-state index in [1.165, 1.54) is 11.3 Å². The Balaban J connectivity index is 2.07. The molecule has 25 heavy (non-hydrogen) atoms. The molecule has 136 valence electrons. The first-order valence-electron chi connectivity index (χ1n) is 8.40. The van der Waals surface area contributed by atoms with Crippen LogP contribution in [0.2, 0.25) is 0 Å². The molecular weight excluding hydrogens is 340 g/mol. The molecule has 0 fully saturated rings. The molecule has 0 radical (unpaired) electrons. The summed E-state index contributed by atoms with van der Waals surface area (Å²) in [6, 6.07) is -1.87. The van der Waals surface area contributed by atoms with Crippen molar-refractivity contribution in [2.75, 3.05) is 0 Å². The Morgan fingerprint density at radius 2 is 1.96 bits per heavy atom. The molecular formula is C18H24N2O4S. The first-order chi connectivity index (χ1) is 11.9. The summed E-state index contributed by atoms with van der Waals surface area (Å²) in [5.74, 6) is -1.95. The summed E-state index contributed by atoms with van der Waals surface area (Å²) in [5.41, 5.74) is 1.72. The molecule has 0 aliphatic heterocycles. The molecule has 1 aromatic heterocycles. The van der Waals surface area contributed by atoms with Gasteiger partial charge >= 0.3 is 11.9 Å². The molecule has 0 saturated heterocycles. The second-order valence-electron chi connectivity index (χ2n) is 6.57. The van der Waals surface area contributed by atoms with Crippen molar-refractivity contribution in [1.29, 1.82) is 0 Å². The van der Waals surface area contributed by atoms with E-state index in [2.05, 4.69) is 22.5 Å². The van der Waals surface area contributed by atoms with E-state index >= 15 is 0 Å². The van der Waals surface area contributed by atoms with E-state index in [0.717, 1.165) is 23.4 Å². The van der Waals surface area contributed by atoms with Gasteiger partial charge in [-0.05, 0) is 25.2 Å². The molecule has 1 aliphatic rings. The van der Waals surface area contributed by atoms with Crippen LogP contribution in [0.3, 0.4) is 0 Å². The summed E-state index contributed by atoms with van der Waals surface area (Å²) in [6.07, 6.45) is 8.79. The van der Waals surface area contributed by atoms with E-state index in [1.807, 2.05) is 25.3 Å². The van der Waals surface area contributed by atoms with Crippen molar-refractivity contribution in [3.05, 3.63) is 34.3 Å². The summed E-state index contributed by atoms with van der Waals surface area (Å²) >= 11 is 1.48. The van der Waals surface area contributed by atoms with Gasteiger partial charge in [0.1, 0.15) is 17.1 Å². The van der Waals surface area contributed by atoms with Gasteiger partial charge in [0.25, 0.3) is 0 Å². The maximum Gasteiger partial charge on any atom is 0.321 e. The van der Waals surface area contributed by atoms with E-state index in [9.17, 15) is 19.8 Å². The van der Waals surface area contributed by atoms with Gasteiger partial charge in [-0.15, -0.1) is 11.3 Å². The van der Waals surface area contributed by atoms with E-state index in [0.29, 0.717) is 12.1 Å². The predicted molar refractivity (Wildman–Crippen MR) is 97.6 cm³/mol. The maximum absolute atomic E-state index is 11.6. The minimum atomic E-state index is -1.07. The average Bonchev–Trinajstić information content (AvgIpc) is 3.02. The Hall–Kier alpha value is -1.99. The standard InChI is InChI=1S/C18H24N2O4S/c1-11(2)8-14(17(21)22)20-15(18(23)24)9-13-10-25-16(19-13)12-6-4-3-5-7-12/h4,6-7,10-11,14-15,20H,3,5,8-9H2,1-2H3,(H,21,22)(H,23,24)/t14?,15-/m0/s1. The fourth-order valence-corrected chi connectivity index (χ4v) is 3.54. The molecule has 1 aliphatic carbocycles. The number of allylic oxidation sites excluding steroid dienone is 4. The highest BCUT2D eigenvalue weighted by molar-refractivity contribution is 7.10. The highest BCUT2D eigenvalue weighted by Gasteiger charge is 2.27. The largest absolute Gasteiger partial charge is 0.480 e. The van der Waals surface area contributed by atoms with Gasteiger partial charge in [0, 0.05) is 17.4 Å². The summed E-state index contributed by atoms with van der Waals surface area (Å²) in [4.78, 5) is 27.4. The number of carboxylic acids is 2. The predicted octanol–water partition coefficient (Wildman–Crippen LogP) is 2.96. The monoisotopic (exact) mass is 364 g/mol. The Morgan fingerprint density at radius 3 is 2.52 bits per heavy atom. The summed E-state index contributed by atoms with van der Waals surface area (Å²) in [5, 5.41) is 24.2. The second-order valence-corrected chi connectivity index (χ2v) is 7.42. The van der Waals surface area contributed by atoms with Gasteiger partial charge in [-0.3, -0.25) is 14.9 Å². The lowest BCUT2D eigenvalue weighted by atomic mass is 10.0. The lowest BCUT2D eigenvalue weighted by Gasteiger charge is -2.21. The van der Waals surface area contributed by atoms with Gasteiger partial charge in [-0.2, -0.15) is 0 Å². The van der Waals surface area contributed by atoms with Gasteiger partial charge in [-0.1, -0.05) is 32.1 Å². The Kier molecular flexibility index (Phi) is 6.90. The fourth-order valence-electron chi connectivity index (χ4n) is 2.69. The van der Waals surface area contributed by atoms with Gasteiger partial charge in [0.15, 0.2) is 0 Å². The first kappa shape index (κ1) is 19.3. The van der Waals surface area contributed by atoms with Gasteiger partial charge in [0.05, 0.1) is 5.69 Å².